The van der Waals surface area contributed by atoms with Crippen LogP contribution < -0.4 is 5.32 Å². The van der Waals surface area contributed by atoms with E-state index in [1.807, 2.05) is 25.1 Å². The average Bonchev–Trinajstić information content (AvgIpc) is 3.15. The van der Waals surface area contributed by atoms with Crippen LogP contribution in [0.25, 0.3) is 0 Å². The summed E-state index contributed by atoms with van der Waals surface area (Å²) in [5.74, 6) is -0.470. The molecule has 1 N–H and O–H groups in total. The number of allylic oxidation sites excluding steroid dienone is 1. The Balaban J connectivity index is 4.85. The Labute approximate surface area is 334 Å². The van der Waals surface area contributed by atoms with Gasteiger partial charge in [-0.15, -0.1) is 0 Å². The first kappa shape index (κ1) is 52.1. The third-order valence-electron chi connectivity index (χ3n) is 10.4. The minimum atomic E-state index is -0.484. The van der Waals surface area contributed by atoms with Crippen molar-refractivity contribution in [2.75, 3.05) is 41.0 Å². The molecule has 0 heterocycles. The van der Waals surface area contributed by atoms with E-state index in [4.69, 9.17) is 14.2 Å². The first-order valence-corrected chi connectivity index (χ1v) is 22.7. The highest BCUT2D eigenvalue weighted by Gasteiger charge is 2.23. The van der Waals surface area contributed by atoms with Gasteiger partial charge in [-0.1, -0.05) is 161 Å². The lowest BCUT2D eigenvalue weighted by molar-refractivity contribution is -0.149. The van der Waals surface area contributed by atoms with Gasteiger partial charge in [0.15, 0.2) is 0 Å². The number of carbonyl (C=O) groups is 3. The van der Waals surface area contributed by atoms with Gasteiger partial charge in [0, 0.05) is 20.0 Å². The fourth-order valence-electron chi connectivity index (χ4n) is 6.87. The van der Waals surface area contributed by atoms with E-state index in [1.54, 1.807) is 7.11 Å². The second-order valence-electron chi connectivity index (χ2n) is 15.9. The average molecular weight is 765 g/mol. The van der Waals surface area contributed by atoms with E-state index in [0.717, 1.165) is 51.5 Å². The second kappa shape index (κ2) is 39.3. The highest BCUT2D eigenvalue weighted by Crippen LogP contribution is 2.21. The minimum absolute atomic E-state index is 0.0170. The fraction of sp³-hybridized carbons (Fsp3) is 0.891. The van der Waals surface area contributed by atoms with Crippen LogP contribution in [0, 0.1) is 5.92 Å². The molecule has 0 aliphatic rings. The van der Waals surface area contributed by atoms with Crippen LogP contribution in [0.15, 0.2) is 12.2 Å². The van der Waals surface area contributed by atoms with E-state index in [2.05, 4.69) is 32.2 Å². The van der Waals surface area contributed by atoms with Crippen molar-refractivity contribution in [2.24, 2.45) is 5.92 Å². The predicted molar refractivity (Wildman–Crippen MR) is 227 cm³/mol. The molecule has 318 valence electrons. The number of ether oxygens (including phenoxy) is 3. The van der Waals surface area contributed by atoms with Crippen LogP contribution in [0.2, 0.25) is 0 Å². The lowest BCUT2D eigenvalue weighted by atomic mass is 9.94. The summed E-state index contributed by atoms with van der Waals surface area (Å²) in [6.07, 6.45) is 35.5. The first-order chi connectivity index (χ1) is 26.3. The Morgan fingerprint density at radius 1 is 0.611 bits per heavy atom. The quantitative estimate of drug-likeness (QED) is 0.0377. The zero-order valence-electron chi connectivity index (χ0n) is 36.4. The third kappa shape index (κ3) is 33.4. The number of esters is 2. The van der Waals surface area contributed by atoms with Crippen LogP contribution in [-0.4, -0.2) is 75.9 Å². The molecule has 0 aromatic rings. The molecule has 0 aromatic carbocycles. The van der Waals surface area contributed by atoms with Crippen molar-refractivity contribution in [3.63, 3.8) is 0 Å². The van der Waals surface area contributed by atoms with Gasteiger partial charge in [-0.05, 0) is 65.6 Å². The predicted octanol–water partition coefficient (Wildman–Crippen LogP) is 11.7. The second-order valence-corrected chi connectivity index (χ2v) is 15.9. The summed E-state index contributed by atoms with van der Waals surface area (Å²) in [7, 11) is 5.60. The summed E-state index contributed by atoms with van der Waals surface area (Å²) in [6, 6.07) is -0.484. The number of nitrogens with one attached hydrogen (secondary N) is 1. The van der Waals surface area contributed by atoms with Crippen molar-refractivity contribution >= 4 is 17.8 Å². The third-order valence-corrected chi connectivity index (χ3v) is 10.4. The lowest BCUT2D eigenvalue weighted by Gasteiger charge is -2.25. The zero-order valence-corrected chi connectivity index (χ0v) is 36.4. The summed E-state index contributed by atoms with van der Waals surface area (Å²) < 4.78 is 17.2. The standard InChI is InChI=1S/C46H88N2O6/c1-7-10-13-16-18-19-20-21-22-23-24-26-29-35-43(52-6)42(40-54-45(50)37-32-38-48(4)5)47-44(49)36-30-31-39-53-46(51)41(33-27-15-12-9-3)34-28-25-17-14-11-8-2/h29,35,41-43H,7-28,30-34,36-40H2,1-6H3,(H,47,49)/b35-29+. The van der Waals surface area contributed by atoms with Gasteiger partial charge in [0.25, 0.3) is 0 Å². The van der Waals surface area contributed by atoms with Crippen molar-refractivity contribution in [3.8, 4) is 0 Å². The van der Waals surface area contributed by atoms with Crippen molar-refractivity contribution in [1.29, 1.82) is 0 Å². The van der Waals surface area contributed by atoms with Crippen LogP contribution >= 0.6 is 0 Å². The molecule has 3 unspecified atom stereocenters. The Bertz CT molecular complexity index is 894. The maximum atomic E-state index is 13.1. The summed E-state index contributed by atoms with van der Waals surface area (Å²) in [4.78, 5) is 40.7. The molecule has 0 saturated heterocycles. The maximum Gasteiger partial charge on any atom is 0.308 e. The number of carbonyl (C=O) groups excluding carboxylic acids is 3. The Kier molecular flexibility index (Phi) is 37.9. The van der Waals surface area contributed by atoms with Crippen molar-refractivity contribution in [3.05, 3.63) is 12.2 Å². The maximum absolute atomic E-state index is 13.1. The smallest absolute Gasteiger partial charge is 0.308 e. The fourth-order valence-corrected chi connectivity index (χ4v) is 6.87. The highest BCUT2D eigenvalue weighted by molar-refractivity contribution is 5.76. The normalized spacial score (nSPS) is 13.3. The lowest BCUT2D eigenvalue weighted by Crippen LogP contribution is -2.46. The van der Waals surface area contributed by atoms with Crippen molar-refractivity contribution in [2.45, 2.75) is 219 Å². The zero-order chi connectivity index (χ0) is 39.9. The van der Waals surface area contributed by atoms with Crippen molar-refractivity contribution in [1.82, 2.24) is 10.2 Å². The van der Waals surface area contributed by atoms with Gasteiger partial charge in [-0.25, -0.2) is 0 Å². The number of methoxy groups -OCH3 is 1. The Hall–Kier alpha value is -1.93. The largest absolute Gasteiger partial charge is 0.465 e. The van der Waals surface area contributed by atoms with Crippen LogP contribution in [0.5, 0.6) is 0 Å². The topological polar surface area (TPSA) is 94.2 Å². The summed E-state index contributed by atoms with van der Waals surface area (Å²) in [5, 5.41) is 3.08. The molecule has 8 heteroatoms. The number of rotatable bonds is 40. The summed E-state index contributed by atoms with van der Waals surface area (Å²) in [5.41, 5.74) is 0. The molecule has 0 rings (SSSR count). The van der Waals surface area contributed by atoms with Crippen molar-refractivity contribution < 1.29 is 28.6 Å². The SMILES string of the molecule is CCCCCCCCCCCCC/C=C/C(OC)C(COC(=O)CCCN(C)C)NC(=O)CCCCOC(=O)C(CCCCCC)CCCCCCCC. The number of hydrogen-bond donors (Lipinski definition) is 1. The molecule has 0 aliphatic heterocycles. The first-order valence-electron chi connectivity index (χ1n) is 22.7. The molecule has 0 saturated carbocycles. The van der Waals surface area contributed by atoms with Gasteiger partial charge in [-0.2, -0.15) is 0 Å². The highest BCUT2D eigenvalue weighted by atomic mass is 16.5. The summed E-state index contributed by atoms with van der Waals surface area (Å²) >= 11 is 0. The van der Waals surface area contributed by atoms with E-state index in [1.165, 1.54) is 116 Å². The van der Waals surface area contributed by atoms with Crippen LogP contribution in [0.1, 0.15) is 207 Å². The molecule has 0 aliphatic carbocycles. The Morgan fingerprint density at radius 3 is 1.67 bits per heavy atom. The molecule has 0 aromatic heterocycles. The molecule has 0 spiro atoms. The monoisotopic (exact) mass is 765 g/mol. The van der Waals surface area contributed by atoms with E-state index in [9.17, 15) is 14.4 Å². The molecular weight excluding hydrogens is 677 g/mol. The van der Waals surface area contributed by atoms with E-state index in [0.29, 0.717) is 32.3 Å². The minimum Gasteiger partial charge on any atom is -0.465 e. The molecule has 1 amide bonds. The molecule has 0 fully saturated rings. The van der Waals surface area contributed by atoms with E-state index >= 15 is 0 Å². The van der Waals surface area contributed by atoms with Crippen LogP contribution in [0.3, 0.4) is 0 Å². The van der Waals surface area contributed by atoms with Gasteiger partial charge >= 0.3 is 11.9 Å². The van der Waals surface area contributed by atoms with Crippen LogP contribution in [0.4, 0.5) is 0 Å². The molecular formula is C46H88N2O6. The van der Waals surface area contributed by atoms with E-state index in [-0.39, 0.29) is 30.4 Å². The molecule has 54 heavy (non-hydrogen) atoms. The molecule has 3 atom stereocenters. The van der Waals surface area contributed by atoms with Gasteiger partial charge in [-0.3, -0.25) is 14.4 Å². The summed E-state index contributed by atoms with van der Waals surface area (Å²) in [6.45, 7) is 7.91. The molecule has 8 nitrogen and oxygen atoms in total. The molecule has 0 bridgehead atoms. The van der Waals surface area contributed by atoms with Crippen LogP contribution in [-0.2, 0) is 28.6 Å². The van der Waals surface area contributed by atoms with Gasteiger partial charge in [0.05, 0.1) is 24.7 Å². The Morgan fingerprint density at radius 2 is 1.13 bits per heavy atom. The molecule has 0 radical (unpaired) electrons. The van der Waals surface area contributed by atoms with Gasteiger partial charge in [0.2, 0.25) is 5.91 Å². The van der Waals surface area contributed by atoms with Gasteiger partial charge < -0.3 is 24.4 Å². The number of nitrogens with zero attached hydrogens (tertiary/aromatic N) is 1. The van der Waals surface area contributed by atoms with E-state index < -0.39 is 12.1 Å². The number of unbranched alkanes of at least 4 members (excludes halogenated alkanes) is 20. The number of hydrogen-bond acceptors (Lipinski definition) is 7. The van der Waals surface area contributed by atoms with Gasteiger partial charge in [0.1, 0.15) is 6.61 Å². The number of amides is 1.